The van der Waals surface area contributed by atoms with Gasteiger partial charge in [0.05, 0.1) is 18.2 Å². The first-order valence-electron chi connectivity index (χ1n) is 6.49. The molecule has 23 heavy (non-hydrogen) atoms. The maximum Gasteiger partial charge on any atom is 0.416 e. The molecule has 0 aromatic heterocycles. The molecule has 1 aliphatic heterocycles. The summed E-state index contributed by atoms with van der Waals surface area (Å²) in [6.07, 6.45) is -2.84. The van der Waals surface area contributed by atoms with Gasteiger partial charge >= 0.3 is 12.1 Å². The van der Waals surface area contributed by atoms with E-state index in [1.165, 1.54) is 11.8 Å². The fourth-order valence-corrected chi connectivity index (χ4v) is 3.08. The van der Waals surface area contributed by atoms with Crippen molar-refractivity contribution in [1.82, 2.24) is 4.90 Å². The lowest BCUT2D eigenvalue weighted by Gasteiger charge is -2.20. The van der Waals surface area contributed by atoms with E-state index < -0.39 is 17.7 Å². The van der Waals surface area contributed by atoms with E-state index in [1.54, 1.807) is 11.1 Å². The first-order valence-corrected chi connectivity index (χ1v) is 7.48. The molecule has 1 heterocycles. The first kappa shape index (κ1) is 17.1. The van der Waals surface area contributed by atoms with E-state index in [9.17, 15) is 18.0 Å². The number of esters is 1. The number of halogens is 3. The summed E-state index contributed by atoms with van der Waals surface area (Å²) >= 11 is 1.34. The Morgan fingerprint density at radius 2 is 2.26 bits per heavy atom. The Kier molecular flexibility index (Phi) is 5.15. The third-order valence-electron chi connectivity index (χ3n) is 3.21. The summed E-state index contributed by atoms with van der Waals surface area (Å²) in [5.74, 6) is -0.0353. The Morgan fingerprint density at radius 3 is 2.87 bits per heavy atom. The predicted molar refractivity (Wildman–Crippen MR) is 78.7 cm³/mol. The number of hydrogen-bond acceptors (Lipinski definition) is 5. The van der Waals surface area contributed by atoms with Gasteiger partial charge in [0.25, 0.3) is 0 Å². The molecule has 9 heteroatoms. The number of methoxy groups -OCH3 is 1. The Labute approximate surface area is 134 Å². The molecule has 0 spiro atoms. The van der Waals surface area contributed by atoms with Gasteiger partial charge in [0, 0.05) is 18.8 Å². The van der Waals surface area contributed by atoms with E-state index in [1.807, 2.05) is 0 Å². The van der Waals surface area contributed by atoms with Gasteiger partial charge in [-0.05, 0) is 23.8 Å². The maximum absolute atomic E-state index is 12.9. The zero-order chi connectivity index (χ0) is 17.0. The summed E-state index contributed by atoms with van der Waals surface area (Å²) in [4.78, 5) is 17.1. The SMILES string of the molecule is COC(=O)c1ccc(C(F)(F)F)cc1CN1CCS/C1=N\C#N. The largest absolute Gasteiger partial charge is 0.465 e. The minimum Gasteiger partial charge on any atom is -0.465 e. The molecule has 0 atom stereocenters. The van der Waals surface area contributed by atoms with Crippen molar-refractivity contribution in [1.29, 1.82) is 5.26 Å². The average molecular weight is 343 g/mol. The summed E-state index contributed by atoms with van der Waals surface area (Å²) in [6.45, 7) is 0.573. The molecule has 0 unspecified atom stereocenters. The highest BCUT2D eigenvalue weighted by Gasteiger charge is 2.32. The smallest absolute Gasteiger partial charge is 0.416 e. The molecule has 1 saturated heterocycles. The van der Waals surface area contributed by atoms with Crippen LogP contribution in [0.2, 0.25) is 0 Å². The number of alkyl halides is 3. The van der Waals surface area contributed by atoms with Crippen LogP contribution in [0.25, 0.3) is 0 Å². The van der Waals surface area contributed by atoms with Gasteiger partial charge < -0.3 is 9.64 Å². The van der Waals surface area contributed by atoms with Crippen LogP contribution in [0.4, 0.5) is 13.2 Å². The van der Waals surface area contributed by atoms with Crippen molar-refractivity contribution in [3.8, 4) is 6.19 Å². The lowest BCUT2D eigenvalue weighted by Crippen LogP contribution is -2.25. The van der Waals surface area contributed by atoms with Gasteiger partial charge in [-0.1, -0.05) is 11.8 Å². The number of nitriles is 1. The average Bonchev–Trinajstić information content (AvgIpc) is 2.93. The lowest BCUT2D eigenvalue weighted by molar-refractivity contribution is -0.137. The molecule has 1 fully saturated rings. The fourth-order valence-electron chi connectivity index (χ4n) is 2.14. The van der Waals surface area contributed by atoms with Gasteiger partial charge in [-0.15, -0.1) is 4.99 Å². The summed E-state index contributed by atoms with van der Waals surface area (Å²) in [6, 6.07) is 2.88. The standard InChI is InChI=1S/C14H12F3N3O2S/c1-22-12(21)11-3-2-10(14(15,16)17)6-9(11)7-20-4-5-23-13(20)19-8-18/h2-3,6H,4-5,7H2,1H3/b19-13-. The van der Waals surface area contributed by atoms with E-state index in [-0.39, 0.29) is 17.7 Å². The lowest BCUT2D eigenvalue weighted by atomic mass is 10.0. The number of carbonyl (C=O) groups is 1. The molecule has 1 aromatic rings. The predicted octanol–water partition coefficient (Wildman–Crippen LogP) is 2.88. The first-order chi connectivity index (χ1) is 10.9. The number of aliphatic imine (C=N–C) groups is 1. The van der Waals surface area contributed by atoms with Crippen molar-refractivity contribution in [2.75, 3.05) is 19.4 Å². The van der Waals surface area contributed by atoms with Crippen LogP contribution in [0.15, 0.2) is 23.2 Å². The van der Waals surface area contributed by atoms with Crippen molar-refractivity contribution in [3.05, 3.63) is 34.9 Å². The topological polar surface area (TPSA) is 65.7 Å². The van der Waals surface area contributed by atoms with Crippen molar-refractivity contribution in [2.45, 2.75) is 12.7 Å². The van der Waals surface area contributed by atoms with Crippen LogP contribution in [0, 0.1) is 11.5 Å². The number of hydrogen-bond donors (Lipinski definition) is 0. The normalized spacial score (nSPS) is 16.5. The third kappa shape index (κ3) is 3.96. The second kappa shape index (κ2) is 6.91. The molecule has 1 aromatic carbocycles. The highest BCUT2D eigenvalue weighted by atomic mass is 32.2. The number of benzene rings is 1. The van der Waals surface area contributed by atoms with E-state index in [2.05, 4.69) is 9.73 Å². The Bertz CT molecular complexity index is 683. The number of amidine groups is 1. The van der Waals surface area contributed by atoms with E-state index >= 15 is 0 Å². The minimum atomic E-state index is -4.51. The van der Waals surface area contributed by atoms with Crippen molar-refractivity contribution >= 4 is 22.9 Å². The Morgan fingerprint density at radius 1 is 1.52 bits per heavy atom. The highest BCUT2D eigenvalue weighted by Crippen LogP contribution is 2.32. The Hall–Kier alpha value is -2.21. The van der Waals surface area contributed by atoms with Crippen LogP contribution in [-0.4, -0.2) is 35.4 Å². The number of ether oxygens (including phenoxy) is 1. The molecular formula is C14H12F3N3O2S. The molecule has 0 saturated carbocycles. The van der Waals surface area contributed by atoms with Crippen LogP contribution >= 0.6 is 11.8 Å². The quantitative estimate of drug-likeness (QED) is 0.624. The zero-order valence-corrected chi connectivity index (χ0v) is 12.9. The van der Waals surface area contributed by atoms with Crippen LogP contribution < -0.4 is 0 Å². The van der Waals surface area contributed by atoms with Crippen LogP contribution in [-0.2, 0) is 17.5 Å². The van der Waals surface area contributed by atoms with E-state index in [0.29, 0.717) is 17.5 Å². The van der Waals surface area contributed by atoms with Gasteiger partial charge in [-0.3, -0.25) is 0 Å². The van der Waals surface area contributed by atoms with Gasteiger partial charge in [-0.25, -0.2) is 4.79 Å². The summed E-state index contributed by atoms with van der Waals surface area (Å²) in [5, 5.41) is 9.07. The van der Waals surface area contributed by atoms with Gasteiger partial charge in [0.2, 0.25) is 6.19 Å². The monoisotopic (exact) mass is 343 g/mol. The molecule has 0 radical (unpaired) electrons. The number of thioether (sulfide) groups is 1. The van der Waals surface area contributed by atoms with Gasteiger partial charge in [0.15, 0.2) is 5.17 Å². The molecule has 0 aliphatic carbocycles. The molecule has 0 amide bonds. The molecule has 0 N–H and O–H groups in total. The molecule has 122 valence electrons. The van der Waals surface area contributed by atoms with E-state index in [4.69, 9.17) is 5.26 Å². The van der Waals surface area contributed by atoms with Crippen molar-refractivity contribution in [3.63, 3.8) is 0 Å². The summed E-state index contributed by atoms with van der Waals surface area (Å²) < 4.78 is 43.3. The highest BCUT2D eigenvalue weighted by molar-refractivity contribution is 8.14. The summed E-state index contributed by atoms with van der Waals surface area (Å²) in [5.41, 5.74) is -0.598. The van der Waals surface area contributed by atoms with Crippen LogP contribution in [0.1, 0.15) is 21.5 Å². The number of carbonyl (C=O) groups excluding carboxylic acids is 1. The maximum atomic E-state index is 12.9. The zero-order valence-electron chi connectivity index (χ0n) is 12.1. The van der Waals surface area contributed by atoms with Gasteiger partial charge in [0.1, 0.15) is 0 Å². The van der Waals surface area contributed by atoms with Crippen molar-refractivity contribution < 1.29 is 22.7 Å². The van der Waals surface area contributed by atoms with Crippen LogP contribution in [0.3, 0.4) is 0 Å². The third-order valence-corrected chi connectivity index (χ3v) is 4.20. The molecule has 0 bridgehead atoms. The second-order valence-electron chi connectivity index (χ2n) is 4.63. The van der Waals surface area contributed by atoms with Crippen LogP contribution in [0.5, 0.6) is 0 Å². The second-order valence-corrected chi connectivity index (χ2v) is 5.69. The number of rotatable bonds is 3. The van der Waals surface area contributed by atoms with Gasteiger partial charge in [-0.2, -0.15) is 18.4 Å². The molecule has 2 rings (SSSR count). The van der Waals surface area contributed by atoms with E-state index in [0.717, 1.165) is 25.3 Å². The molecule has 5 nitrogen and oxygen atoms in total. The Balaban J connectivity index is 2.40. The minimum absolute atomic E-state index is 0.0435. The van der Waals surface area contributed by atoms with Crippen molar-refractivity contribution in [2.24, 2.45) is 4.99 Å². The fraction of sp³-hybridized carbons (Fsp3) is 0.357. The summed E-state index contributed by atoms with van der Waals surface area (Å²) in [7, 11) is 1.16. The number of nitrogens with zero attached hydrogens (tertiary/aromatic N) is 3. The molecular weight excluding hydrogens is 331 g/mol. The molecule has 1 aliphatic rings.